The predicted molar refractivity (Wildman–Crippen MR) is 71.3 cm³/mol. The fraction of sp³-hybridized carbons (Fsp3) is 0.385. The van der Waals surface area contributed by atoms with Gasteiger partial charge in [0.1, 0.15) is 5.82 Å². The summed E-state index contributed by atoms with van der Waals surface area (Å²) in [7, 11) is 1.60. The molecule has 0 atom stereocenters. The van der Waals surface area contributed by atoms with E-state index in [-0.39, 0.29) is 0 Å². The zero-order valence-electron chi connectivity index (χ0n) is 10.9. The molecule has 18 heavy (non-hydrogen) atoms. The van der Waals surface area contributed by atoms with Crippen molar-refractivity contribution in [3.63, 3.8) is 0 Å². The van der Waals surface area contributed by atoms with Crippen molar-refractivity contribution >= 4 is 5.82 Å². The molecule has 0 aliphatic carbocycles. The van der Waals surface area contributed by atoms with Crippen molar-refractivity contribution in [1.29, 1.82) is 0 Å². The van der Waals surface area contributed by atoms with Gasteiger partial charge in [-0.3, -0.25) is 5.10 Å². The summed E-state index contributed by atoms with van der Waals surface area (Å²) < 4.78 is 5.27. The van der Waals surface area contributed by atoms with Gasteiger partial charge >= 0.3 is 0 Å². The highest BCUT2D eigenvalue weighted by molar-refractivity contribution is 5.71. The standard InChI is InChI=1S/C13H18N4O/c1-8(2)7-10-11(16-17-12(10)14)9-5-4-6-15-13(9)18-3/h4-6,8H,7H2,1-3H3,(H3,14,16,17). The third-order valence-electron chi connectivity index (χ3n) is 2.75. The number of nitrogen functional groups attached to an aromatic ring is 1. The van der Waals surface area contributed by atoms with Crippen LogP contribution in [0.25, 0.3) is 11.3 Å². The molecule has 5 nitrogen and oxygen atoms in total. The molecule has 0 unspecified atom stereocenters. The zero-order chi connectivity index (χ0) is 13.1. The summed E-state index contributed by atoms with van der Waals surface area (Å²) in [5.41, 5.74) is 8.72. The van der Waals surface area contributed by atoms with Crippen LogP contribution in [0.4, 0.5) is 5.82 Å². The highest BCUT2D eigenvalue weighted by Gasteiger charge is 2.17. The number of anilines is 1. The molecule has 96 valence electrons. The Balaban J connectivity index is 2.50. The van der Waals surface area contributed by atoms with E-state index in [0.29, 0.717) is 17.6 Å². The van der Waals surface area contributed by atoms with Crippen LogP contribution >= 0.6 is 0 Å². The number of pyridine rings is 1. The van der Waals surface area contributed by atoms with Crippen molar-refractivity contribution in [2.45, 2.75) is 20.3 Å². The molecule has 0 aromatic carbocycles. The Morgan fingerprint density at radius 3 is 2.89 bits per heavy atom. The van der Waals surface area contributed by atoms with E-state index in [4.69, 9.17) is 10.5 Å². The fourth-order valence-corrected chi connectivity index (χ4v) is 1.96. The molecular formula is C13H18N4O. The topological polar surface area (TPSA) is 76.8 Å². The van der Waals surface area contributed by atoms with Crippen LogP contribution in [0.15, 0.2) is 18.3 Å². The number of rotatable bonds is 4. The minimum absolute atomic E-state index is 0.506. The van der Waals surface area contributed by atoms with Crippen LogP contribution in [-0.2, 0) is 6.42 Å². The van der Waals surface area contributed by atoms with Gasteiger partial charge in [0.05, 0.1) is 18.4 Å². The van der Waals surface area contributed by atoms with Crippen molar-refractivity contribution in [1.82, 2.24) is 15.2 Å². The number of nitrogens with zero attached hydrogens (tertiary/aromatic N) is 2. The van der Waals surface area contributed by atoms with Gasteiger partial charge in [-0.2, -0.15) is 5.10 Å². The van der Waals surface area contributed by atoms with E-state index in [1.54, 1.807) is 13.3 Å². The van der Waals surface area contributed by atoms with Crippen molar-refractivity contribution in [3.8, 4) is 17.1 Å². The van der Waals surface area contributed by atoms with Crippen LogP contribution < -0.4 is 10.5 Å². The van der Waals surface area contributed by atoms with Crippen LogP contribution in [0.2, 0.25) is 0 Å². The molecule has 0 spiro atoms. The van der Waals surface area contributed by atoms with Crippen LogP contribution in [0, 0.1) is 5.92 Å². The number of methoxy groups -OCH3 is 1. The fourth-order valence-electron chi connectivity index (χ4n) is 1.96. The Kier molecular flexibility index (Phi) is 3.50. The zero-order valence-corrected chi connectivity index (χ0v) is 10.9. The van der Waals surface area contributed by atoms with Gasteiger partial charge in [0.25, 0.3) is 0 Å². The van der Waals surface area contributed by atoms with Crippen LogP contribution in [0.1, 0.15) is 19.4 Å². The van der Waals surface area contributed by atoms with Gasteiger partial charge in [0.15, 0.2) is 0 Å². The van der Waals surface area contributed by atoms with Gasteiger partial charge < -0.3 is 10.5 Å². The van der Waals surface area contributed by atoms with Gasteiger partial charge in [-0.05, 0) is 24.5 Å². The lowest BCUT2D eigenvalue weighted by Gasteiger charge is -2.09. The Morgan fingerprint density at radius 1 is 1.44 bits per heavy atom. The van der Waals surface area contributed by atoms with Gasteiger partial charge in [-0.15, -0.1) is 0 Å². The number of aromatic amines is 1. The number of hydrogen-bond donors (Lipinski definition) is 2. The summed E-state index contributed by atoms with van der Waals surface area (Å²) in [5.74, 6) is 1.63. The summed E-state index contributed by atoms with van der Waals surface area (Å²) in [6.07, 6.45) is 2.57. The Morgan fingerprint density at radius 2 is 2.22 bits per heavy atom. The lowest BCUT2D eigenvalue weighted by atomic mass is 10.00. The number of H-pyrrole nitrogens is 1. The summed E-state index contributed by atoms with van der Waals surface area (Å²) in [6, 6.07) is 3.82. The third kappa shape index (κ3) is 2.30. The molecule has 0 amide bonds. The van der Waals surface area contributed by atoms with E-state index in [1.165, 1.54) is 0 Å². The minimum atomic E-state index is 0.506. The molecule has 2 heterocycles. The maximum atomic E-state index is 5.91. The maximum absolute atomic E-state index is 5.91. The molecule has 3 N–H and O–H groups in total. The van der Waals surface area contributed by atoms with Crippen molar-refractivity contribution in [2.75, 3.05) is 12.8 Å². The first-order valence-corrected chi connectivity index (χ1v) is 5.95. The molecule has 0 aliphatic rings. The van der Waals surface area contributed by atoms with E-state index in [0.717, 1.165) is 23.2 Å². The van der Waals surface area contributed by atoms with Gasteiger partial charge in [0, 0.05) is 11.8 Å². The third-order valence-corrected chi connectivity index (χ3v) is 2.75. The first-order chi connectivity index (χ1) is 8.63. The second-order valence-electron chi connectivity index (χ2n) is 4.62. The number of ether oxygens (including phenoxy) is 1. The molecular weight excluding hydrogens is 228 g/mol. The lowest BCUT2D eigenvalue weighted by Crippen LogP contribution is -2.00. The first kappa shape index (κ1) is 12.4. The van der Waals surface area contributed by atoms with E-state index >= 15 is 0 Å². The number of hydrogen-bond acceptors (Lipinski definition) is 4. The normalized spacial score (nSPS) is 10.9. The van der Waals surface area contributed by atoms with E-state index < -0.39 is 0 Å². The number of nitrogens with two attached hydrogens (primary N) is 1. The van der Waals surface area contributed by atoms with E-state index in [2.05, 4.69) is 29.0 Å². The molecule has 0 bridgehead atoms. The van der Waals surface area contributed by atoms with Gasteiger partial charge in [-0.25, -0.2) is 4.98 Å². The van der Waals surface area contributed by atoms with Crippen LogP contribution in [0.5, 0.6) is 5.88 Å². The summed E-state index contributed by atoms with van der Waals surface area (Å²) in [4.78, 5) is 4.19. The minimum Gasteiger partial charge on any atom is -0.481 e. The smallest absolute Gasteiger partial charge is 0.222 e. The summed E-state index contributed by atoms with van der Waals surface area (Å²) >= 11 is 0. The number of aromatic nitrogens is 3. The SMILES string of the molecule is COc1ncccc1-c1[nH]nc(N)c1CC(C)C. The predicted octanol–water partition coefficient (Wildman–Crippen LogP) is 2.26. The molecule has 2 aromatic rings. The summed E-state index contributed by atoms with van der Waals surface area (Å²) in [6.45, 7) is 4.30. The first-order valence-electron chi connectivity index (χ1n) is 5.95. The average Bonchev–Trinajstić information content (AvgIpc) is 2.70. The quantitative estimate of drug-likeness (QED) is 0.867. The monoisotopic (exact) mass is 246 g/mol. The second kappa shape index (κ2) is 5.08. The Hall–Kier alpha value is -2.04. The second-order valence-corrected chi connectivity index (χ2v) is 4.62. The van der Waals surface area contributed by atoms with Crippen molar-refractivity contribution < 1.29 is 4.74 Å². The van der Waals surface area contributed by atoms with Gasteiger partial charge in [-0.1, -0.05) is 13.8 Å². The molecule has 2 aromatic heterocycles. The largest absolute Gasteiger partial charge is 0.481 e. The Bertz CT molecular complexity index is 534. The van der Waals surface area contributed by atoms with Gasteiger partial charge in [0.2, 0.25) is 5.88 Å². The number of nitrogens with one attached hydrogen (secondary N) is 1. The summed E-state index contributed by atoms with van der Waals surface area (Å²) in [5, 5.41) is 7.07. The molecule has 0 aliphatic heterocycles. The molecule has 5 heteroatoms. The lowest BCUT2D eigenvalue weighted by molar-refractivity contribution is 0.399. The van der Waals surface area contributed by atoms with Crippen molar-refractivity contribution in [3.05, 3.63) is 23.9 Å². The molecule has 0 fully saturated rings. The molecule has 0 saturated heterocycles. The van der Waals surface area contributed by atoms with E-state index in [1.807, 2.05) is 12.1 Å². The van der Waals surface area contributed by atoms with Crippen molar-refractivity contribution in [2.24, 2.45) is 5.92 Å². The molecule has 0 saturated carbocycles. The van der Waals surface area contributed by atoms with E-state index in [9.17, 15) is 0 Å². The average molecular weight is 246 g/mol. The molecule has 2 rings (SSSR count). The Labute approximate surface area is 106 Å². The van der Waals surface area contributed by atoms with Crippen LogP contribution in [0.3, 0.4) is 0 Å². The van der Waals surface area contributed by atoms with Crippen LogP contribution in [-0.4, -0.2) is 22.3 Å². The highest BCUT2D eigenvalue weighted by atomic mass is 16.5. The molecule has 0 radical (unpaired) electrons. The highest BCUT2D eigenvalue weighted by Crippen LogP contribution is 2.32. The maximum Gasteiger partial charge on any atom is 0.222 e.